The van der Waals surface area contributed by atoms with Gasteiger partial charge in [-0.05, 0) is 26.0 Å². The number of ether oxygens (including phenoxy) is 2. The van der Waals surface area contributed by atoms with E-state index in [0.29, 0.717) is 22.3 Å². The molecule has 0 aromatic heterocycles. The molecule has 0 heterocycles. The van der Waals surface area contributed by atoms with E-state index in [1.54, 1.807) is 45.0 Å². The molecule has 0 aliphatic heterocycles. The molecule has 3 N–H and O–H groups in total. The number of hydroxylamine groups is 2. The average Bonchev–Trinajstić information content (AvgIpc) is 2.58. The first-order chi connectivity index (χ1) is 12.0. The minimum atomic E-state index is -1.07. The summed E-state index contributed by atoms with van der Waals surface area (Å²) in [5.41, 5.74) is 3.59. The number of amides is 2. The van der Waals surface area contributed by atoms with Crippen molar-refractivity contribution in [2.24, 2.45) is 11.1 Å². The van der Waals surface area contributed by atoms with Crippen LogP contribution in [0.1, 0.15) is 34.1 Å². The topological polar surface area (TPSA) is 119 Å². The molecule has 146 valence electrons. The van der Waals surface area contributed by atoms with Crippen LogP contribution in [0.5, 0.6) is 5.75 Å². The zero-order valence-corrected chi connectivity index (χ0v) is 16.1. The monoisotopic (exact) mass is 388 g/mol. The average molecular weight is 389 g/mol. The Morgan fingerprint density at radius 3 is 2.27 bits per heavy atom. The van der Waals surface area contributed by atoms with Crippen molar-refractivity contribution < 1.29 is 29.1 Å². The first-order valence-electron chi connectivity index (χ1n) is 7.81. The van der Waals surface area contributed by atoms with Crippen molar-refractivity contribution in [2.75, 3.05) is 13.3 Å². The van der Waals surface area contributed by atoms with Crippen LogP contribution in [0, 0.1) is 5.41 Å². The zero-order valence-electron chi connectivity index (χ0n) is 15.3. The van der Waals surface area contributed by atoms with Crippen LogP contribution in [0.4, 0.5) is 0 Å². The number of nitrogens with two attached hydrogens (primary N) is 1. The molecule has 0 unspecified atom stereocenters. The molecule has 1 aromatic rings. The smallest absolute Gasteiger partial charge is 0.302 e. The largest absolute Gasteiger partial charge is 0.469 e. The molecule has 1 rings (SSSR count). The molecule has 0 saturated heterocycles. The van der Waals surface area contributed by atoms with Gasteiger partial charge in [0.25, 0.3) is 5.91 Å². The molecule has 1 aromatic carbocycles. The molecule has 0 aliphatic rings. The molecule has 9 heteroatoms. The van der Waals surface area contributed by atoms with Crippen molar-refractivity contribution in [1.82, 2.24) is 5.06 Å². The predicted octanol–water partition coefficient (Wildman–Crippen LogP) is 2.37. The number of halogens is 1. The van der Waals surface area contributed by atoms with E-state index >= 15 is 0 Å². The van der Waals surface area contributed by atoms with Gasteiger partial charge in [-0.1, -0.05) is 30.7 Å². The molecule has 0 aliphatic carbocycles. The number of hydrogen-bond donors (Lipinski definition) is 2. The Morgan fingerprint density at radius 1 is 1.27 bits per heavy atom. The van der Waals surface area contributed by atoms with Crippen LogP contribution >= 0.6 is 11.6 Å². The van der Waals surface area contributed by atoms with Crippen LogP contribution in [-0.2, 0) is 19.1 Å². The van der Waals surface area contributed by atoms with E-state index in [0.717, 1.165) is 0 Å². The number of rotatable bonds is 7. The Bertz CT molecular complexity index is 621. The number of esters is 1. The van der Waals surface area contributed by atoms with E-state index in [1.807, 2.05) is 0 Å². The number of hydrogen-bond acceptors (Lipinski definition) is 6. The molecule has 0 atom stereocenters. The second kappa shape index (κ2) is 11.3. The van der Waals surface area contributed by atoms with Crippen LogP contribution < -0.4 is 10.5 Å². The van der Waals surface area contributed by atoms with Crippen molar-refractivity contribution in [3.63, 3.8) is 0 Å². The van der Waals surface area contributed by atoms with E-state index in [1.165, 1.54) is 6.92 Å². The van der Waals surface area contributed by atoms with E-state index in [2.05, 4.69) is 5.73 Å². The molecule has 0 saturated carbocycles. The zero-order chi connectivity index (χ0) is 20.3. The first kappa shape index (κ1) is 23.7. The van der Waals surface area contributed by atoms with Gasteiger partial charge in [0.2, 0.25) is 5.91 Å². The van der Waals surface area contributed by atoms with Gasteiger partial charge in [0.05, 0.1) is 10.4 Å². The van der Waals surface area contributed by atoms with Crippen LogP contribution in [-0.4, -0.2) is 41.4 Å². The fourth-order valence-electron chi connectivity index (χ4n) is 1.44. The molecule has 0 spiro atoms. The third-order valence-electron chi connectivity index (χ3n) is 2.98. The molecule has 0 fully saturated rings. The third-order valence-corrected chi connectivity index (χ3v) is 3.29. The molecule has 0 radical (unpaired) electrons. The van der Waals surface area contributed by atoms with Gasteiger partial charge >= 0.3 is 5.97 Å². The van der Waals surface area contributed by atoms with Crippen molar-refractivity contribution >= 4 is 29.4 Å². The van der Waals surface area contributed by atoms with E-state index in [4.69, 9.17) is 21.1 Å². The maximum atomic E-state index is 12.1. The van der Waals surface area contributed by atoms with Crippen LogP contribution in [0.15, 0.2) is 24.3 Å². The fraction of sp³-hybridized carbons (Fsp3) is 0.471. The highest BCUT2D eigenvalue weighted by atomic mass is 35.5. The van der Waals surface area contributed by atoms with Crippen molar-refractivity contribution in [2.45, 2.75) is 34.1 Å². The quantitative estimate of drug-likeness (QED) is 0.320. The van der Waals surface area contributed by atoms with Gasteiger partial charge in [0.1, 0.15) is 12.4 Å². The van der Waals surface area contributed by atoms with Gasteiger partial charge in [-0.2, -0.15) is 5.06 Å². The Hall–Kier alpha value is -2.32. The number of carbonyl (C=O) groups is 3. The number of carbonyl (C=O) groups excluding carboxylic acids is 3. The second-order valence-electron chi connectivity index (χ2n) is 5.89. The van der Waals surface area contributed by atoms with Gasteiger partial charge in [-0.3, -0.25) is 19.6 Å². The van der Waals surface area contributed by atoms with Crippen molar-refractivity contribution in [3.05, 3.63) is 29.3 Å². The third kappa shape index (κ3) is 9.24. The lowest BCUT2D eigenvalue weighted by molar-refractivity contribution is -0.190. The van der Waals surface area contributed by atoms with E-state index in [9.17, 15) is 19.6 Å². The highest BCUT2D eigenvalue weighted by Crippen LogP contribution is 2.24. The summed E-state index contributed by atoms with van der Waals surface area (Å²) in [4.78, 5) is 32.4. The second-order valence-corrected chi connectivity index (χ2v) is 6.30. The van der Waals surface area contributed by atoms with Crippen molar-refractivity contribution in [3.8, 4) is 5.75 Å². The molecular formula is C17H25ClN2O6. The minimum Gasteiger partial charge on any atom is -0.469 e. The highest BCUT2D eigenvalue weighted by molar-refractivity contribution is 6.32. The van der Waals surface area contributed by atoms with Crippen LogP contribution in [0.2, 0.25) is 5.02 Å². The summed E-state index contributed by atoms with van der Waals surface area (Å²) >= 11 is 5.89. The maximum absolute atomic E-state index is 12.1. The van der Waals surface area contributed by atoms with Gasteiger partial charge in [-0.25, -0.2) is 0 Å². The first-order valence-corrected chi connectivity index (χ1v) is 8.18. The summed E-state index contributed by atoms with van der Waals surface area (Å²) in [6.45, 7) is 5.56. The molecule has 8 nitrogen and oxygen atoms in total. The van der Waals surface area contributed by atoms with Gasteiger partial charge in [0, 0.05) is 13.3 Å². The van der Waals surface area contributed by atoms with Crippen LogP contribution in [0.3, 0.4) is 0 Å². The molecule has 0 bridgehead atoms. The summed E-state index contributed by atoms with van der Waals surface area (Å²) < 4.78 is 10.1. The molecule has 26 heavy (non-hydrogen) atoms. The van der Waals surface area contributed by atoms with E-state index in [-0.39, 0.29) is 19.2 Å². The summed E-state index contributed by atoms with van der Waals surface area (Å²) in [7, 11) is 0. The normalized spacial score (nSPS) is 10.2. The van der Waals surface area contributed by atoms with Crippen LogP contribution in [0.25, 0.3) is 0 Å². The summed E-state index contributed by atoms with van der Waals surface area (Å²) in [5, 5.41) is 10.5. The highest BCUT2D eigenvalue weighted by Gasteiger charge is 2.33. The Labute approximate surface area is 157 Å². The summed E-state index contributed by atoms with van der Waals surface area (Å²) in [5.74, 6) is -1.02. The number of primary amides is 1. The number of para-hydroxylation sites is 1. The SMILES string of the molecule is CC(=O)OCC(C)(C)C(=O)N(O)COc1ccccc1Cl.CCC(N)=O. The number of nitrogens with zero attached hydrogens (tertiary/aromatic N) is 1. The van der Waals surface area contributed by atoms with Gasteiger partial charge in [-0.15, -0.1) is 0 Å². The summed E-state index contributed by atoms with van der Waals surface area (Å²) in [6, 6.07) is 6.70. The lowest BCUT2D eigenvalue weighted by Gasteiger charge is -2.27. The number of benzene rings is 1. The van der Waals surface area contributed by atoms with E-state index < -0.39 is 17.3 Å². The maximum Gasteiger partial charge on any atom is 0.302 e. The molecule has 2 amide bonds. The predicted molar refractivity (Wildman–Crippen MR) is 95.5 cm³/mol. The summed E-state index contributed by atoms with van der Waals surface area (Å²) in [6.07, 6.45) is 0.444. The van der Waals surface area contributed by atoms with Gasteiger partial charge < -0.3 is 15.2 Å². The lowest BCUT2D eigenvalue weighted by atomic mass is 9.93. The Kier molecular flexibility index (Phi) is 10.3. The molecular weight excluding hydrogens is 364 g/mol. The fourth-order valence-corrected chi connectivity index (χ4v) is 1.63. The standard InChI is InChI=1S/C14H18ClNO5.C3H7NO/c1-10(17)20-8-14(2,3)13(18)16(19)9-21-12-7-5-4-6-11(12)15;1-2-3(4)5/h4-7,19H,8-9H2,1-3H3;2H2,1H3,(H2,4,5). The van der Waals surface area contributed by atoms with Crippen molar-refractivity contribution in [1.29, 1.82) is 0 Å². The van der Waals surface area contributed by atoms with Gasteiger partial charge in [0.15, 0.2) is 6.73 Å². The Balaban J connectivity index is 0.00000110. The minimum absolute atomic E-state index is 0.135. The Morgan fingerprint density at radius 2 is 1.81 bits per heavy atom. The lowest BCUT2D eigenvalue weighted by Crippen LogP contribution is -2.43.